The van der Waals surface area contributed by atoms with Crippen LogP contribution in [0.25, 0.3) is 0 Å². The van der Waals surface area contributed by atoms with Crippen LogP contribution >= 0.6 is 0 Å². The van der Waals surface area contributed by atoms with E-state index in [4.69, 9.17) is 19.0 Å². The second-order valence-electron chi connectivity index (χ2n) is 14.7. The molecule has 12 heteroatoms. The molecule has 0 bridgehead atoms. The summed E-state index contributed by atoms with van der Waals surface area (Å²) < 4.78 is 11.5. The van der Waals surface area contributed by atoms with Crippen LogP contribution in [0.5, 0.6) is 0 Å². The number of benzene rings is 2. The van der Waals surface area contributed by atoms with Crippen molar-refractivity contribution < 1.29 is 18.6 Å². The van der Waals surface area contributed by atoms with Crippen LogP contribution in [0, 0.1) is 10.8 Å². The number of likely N-dealkylation sites (tertiary alicyclic amines) is 2. The molecule has 0 unspecified atom stereocenters. The number of aryl methyl sites for hydroxylation is 4. The lowest BCUT2D eigenvalue weighted by atomic mass is 10.0. The van der Waals surface area contributed by atoms with E-state index in [2.05, 4.69) is 44.5 Å². The molecular formula is C38H38N8O4. The number of hydrogen-bond donors (Lipinski definition) is 0. The summed E-state index contributed by atoms with van der Waals surface area (Å²) in [6.07, 6.45) is 11.6. The Morgan fingerprint density at radius 1 is 0.620 bits per heavy atom. The summed E-state index contributed by atoms with van der Waals surface area (Å²) in [5.41, 5.74) is 2.96. The van der Waals surface area contributed by atoms with Crippen molar-refractivity contribution in [3.8, 4) is 0 Å². The van der Waals surface area contributed by atoms with Crippen LogP contribution < -0.4 is 0 Å². The zero-order valence-electron chi connectivity index (χ0n) is 27.8. The van der Waals surface area contributed by atoms with Gasteiger partial charge >= 0.3 is 0 Å². The van der Waals surface area contributed by atoms with Crippen molar-refractivity contribution >= 4 is 11.8 Å². The molecule has 5 aromatic rings. The molecule has 2 atom stereocenters. The molecular weight excluding hydrogens is 632 g/mol. The van der Waals surface area contributed by atoms with Crippen LogP contribution in [-0.2, 0) is 25.7 Å². The summed E-state index contributed by atoms with van der Waals surface area (Å²) in [7, 11) is 0. The second kappa shape index (κ2) is 12.3. The van der Waals surface area contributed by atoms with Crippen molar-refractivity contribution in [2.75, 3.05) is 13.1 Å². The Kier molecular flexibility index (Phi) is 7.54. The van der Waals surface area contributed by atoms with Crippen molar-refractivity contribution in [3.63, 3.8) is 0 Å². The molecule has 0 N–H and O–H groups in total. The minimum atomic E-state index is -0.321. The standard InChI is InChI=1S/C38H38N8O4/c47-35(45-23-37(15-16-37)19-29(45)33-41-31(43-49-33)13-11-25-7-3-1-4-8-25)27-21-40-28(22-39-27)36(48)46-24-38(17-18-38)20-30(46)34-42-32(44-50-34)14-12-26-9-5-2-6-10-26/h1-10,21-22,29-30H,11-20,23-24H2/t29-,30-/m0/s1. The Morgan fingerprint density at radius 2 is 1.04 bits per heavy atom. The SMILES string of the molecule is O=C(c1cnc(C(=O)N2CC3(CC3)C[C@H]2c2nc(CCc3ccccc3)no2)cn1)N1CC2(CC2)C[C@H]1c1nc(CCc2ccccc2)no1. The molecule has 254 valence electrons. The molecule has 2 amide bonds. The van der Waals surface area contributed by atoms with E-state index < -0.39 is 0 Å². The highest BCUT2D eigenvalue weighted by atomic mass is 16.5. The Hall–Kier alpha value is -5.26. The van der Waals surface area contributed by atoms with Crippen molar-refractivity contribution in [1.82, 2.24) is 40.0 Å². The van der Waals surface area contributed by atoms with Crippen LogP contribution in [0.4, 0.5) is 0 Å². The first-order valence-corrected chi connectivity index (χ1v) is 17.6. The molecule has 2 saturated carbocycles. The Bertz CT molecular complexity index is 1860. The highest BCUT2D eigenvalue weighted by Gasteiger charge is 2.56. The first-order valence-electron chi connectivity index (χ1n) is 17.6. The van der Waals surface area contributed by atoms with Gasteiger partial charge in [0.15, 0.2) is 11.6 Å². The Balaban J connectivity index is 0.881. The fraction of sp³-hybridized carbons (Fsp3) is 0.421. The number of hydrogen-bond acceptors (Lipinski definition) is 10. The zero-order chi connectivity index (χ0) is 33.7. The number of rotatable bonds is 10. The minimum Gasteiger partial charge on any atom is -0.337 e. The molecule has 0 radical (unpaired) electrons. The fourth-order valence-electron chi connectivity index (χ4n) is 7.71. The van der Waals surface area contributed by atoms with E-state index >= 15 is 0 Å². The normalized spacial score (nSPS) is 21.3. The third-order valence-corrected chi connectivity index (χ3v) is 11.0. The van der Waals surface area contributed by atoms with Gasteiger partial charge in [0.05, 0.1) is 12.4 Å². The molecule has 9 rings (SSSR count). The van der Waals surface area contributed by atoms with Gasteiger partial charge < -0.3 is 18.8 Å². The molecule has 2 saturated heterocycles. The summed E-state index contributed by atoms with van der Waals surface area (Å²) in [5.74, 6) is 1.69. The maximum atomic E-state index is 13.9. The van der Waals surface area contributed by atoms with Crippen LogP contribution in [0.15, 0.2) is 82.1 Å². The number of nitrogens with zero attached hydrogens (tertiary/aromatic N) is 8. The second-order valence-corrected chi connectivity index (χ2v) is 14.7. The Morgan fingerprint density at radius 3 is 1.42 bits per heavy atom. The smallest absolute Gasteiger partial charge is 0.274 e. The largest absolute Gasteiger partial charge is 0.337 e. The monoisotopic (exact) mass is 670 g/mol. The molecule has 2 aromatic carbocycles. The van der Waals surface area contributed by atoms with Gasteiger partial charge in [0.1, 0.15) is 23.5 Å². The molecule has 4 aliphatic rings. The summed E-state index contributed by atoms with van der Waals surface area (Å²) in [6, 6.07) is 19.8. The minimum absolute atomic E-state index is 0.0853. The lowest BCUT2D eigenvalue weighted by Crippen LogP contribution is -2.34. The van der Waals surface area contributed by atoms with E-state index in [1.807, 2.05) is 36.4 Å². The van der Waals surface area contributed by atoms with Crippen molar-refractivity contribution in [2.45, 2.75) is 76.3 Å². The average Bonchev–Trinajstić information content (AvgIpc) is 3.75. The Labute approximate surface area is 289 Å². The molecule has 4 fully saturated rings. The lowest BCUT2D eigenvalue weighted by molar-refractivity contribution is 0.0684. The molecule has 3 aromatic heterocycles. The van der Waals surface area contributed by atoms with Gasteiger partial charge in [-0.15, -0.1) is 0 Å². The van der Waals surface area contributed by atoms with Crippen molar-refractivity contribution in [1.29, 1.82) is 0 Å². The van der Waals surface area contributed by atoms with Gasteiger partial charge in [-0.1, -0.05) is 71.0 Å². The maximum Gasteiger partial charge on any atom is 0.274 e. The van der Waals surface area contributed by atoms with E-state index in [1.165, 1.54) is 23.5 Å². The molecule has 2 aliphatic carbocycles. The quantitative estimate of drug-likeness (QED) is 0.186. The summed E-state index contributed by atoms with van der Waals surface area (Å²) in [6.45, 7) is 1.21. The van der Waals surface area contributed by atoms with E-state index in [0.29, 0.717) is 49.4 Å². The van der Waals surface area contributed by atoms with E-state index in [1.54, 1.807) is 9.80 Å². The van der Waals surface area contributed by atoms with Gasteiger partial charge in [-0.25, -0.2) is 9.97 Å². The van der Waals surface area contributed by atoms with Crippen LogP contribution in [-0.4, -0.2) is 65.0 Å². The van der Waals surface area contributed by atoms with Crippen LogP contribution in [0.1, 0.15) is 106 Å². The van der Waals surface area contributed by atoms with Gasteiger partial charge in [-0.3, -0.25) is 9.59 Å². The van der Waals surface area contributed by atoms with E-state index in [9.17, 15) is 9.59 Å². The third-order valence-electron chi connectivity index (χ3n) is 11.0. The zero-order valence-corrected chi connectivity index (χ0v) is 27.8. The molecule has 2 spiro atoms. The lowest BCUT2D eigenvalue weighted by Gasteiger charge is -2.22. The van der Waals surface area contributed by atoms with Gasteiger partial charge in [0.2, 0.25) is 11.8 Å². The number of carbonyl (C=O) groups excluding carboxylic acids is 2. The highest BCUT2D eigenvalue weighted by molar-refractivity contribution is 5.95. The van der Waals surface area contributed by atoms with Gasteiger partial charge in [0.25, 0.3) is 11.8 Å². The molecule has 50 heavy (non-hydrogen) atoms. The number of aromatic nitrogens is 6. The van der Waals surface area contributed by atoms with Gasteiger partial charge in [-0.05, 0) is 73.3 Å². The predicted molar refractivity (Wildman–Crippen MR) is 178 cm³/mol. The van der Waals surface area contributed by atoms with E-state index in [0.717, 1.165) is 51.4 Å². The average molecular weight is 671 g/mol. The summed E-state index contributed by atoms with van der Waals surface area (Å²) in [5, 5.41) is 8.47. The first-order chi connectivity index (χ1) is 24.4. The third kappa shape index (κ3) is 6.07. The van der Waals surface area contributed by atoms with Gasteiger partial charge in [-0.2, -0.15) is 9.97 Å². The van der Waals surface area contributed by atoms with Crippen molar-refractivity contribution in [2.24, 2.45) is 10.8 Å². The number of amides is 2. The summed E-state index contributed by atoms with van der Waals surface area (Å²) >= 11 is 0. The first kappa shape index (κ1) is 30.8. The molecule has 12 nitrogen and oxygen atoms in total. The molecule has 5 heterocycles. The predicted octanol–water partition coefficient (Wildman–Crippen LogP) is 5.55. The van der Waals surface area contributed by atoms with Crippen LogP contribution in [0.3, 0.4) is 0 Å². The van der Waals surface area contributed by atoms with Crippen LogP contribution in [0.2, 0.25) is 0 Å². The number of carbonyl (C=O) groups is 2. The van der Waals surface area contributed by atoms with Gasteiger partial charge in [0, 0.05) is 25.9 Å². The maximum absolute atomic E-state index is 13.9. The van der Waals surface area contributed by atoms with E-state index in [-0.39, 0.29) is 46.1 Å². The van der Waals surface area contributed by atoms with Crippen molar-refractivity contribution in [3.05, 3.63) is 119 Å². The topological polar surface area (TPSA) is 144 Å². The fourth-order valence-corrected chi connectivity index (χ4v) is 7.71. The molecule has 2 aliphatic heterocycles. The summed E-state index contributed by atoms with van der Waals surface area (Å²) in [4.78, 5) is 49.7. The highest BCUT2D eigenvalue weighted by Crippen LogP contribution is 2.59.